The van der Waals surface area contributed by atoms with E-state index in [0.29, 0.717) is 24.4 Å². The average Bonchev–Trinajstić information content (AvgIpc) is 3.11. The van der Waals surface area contributed by atoms with Gasteiger partial charge in [-0.2, -0.15) is 0 Å². The van der Waals surface area contributed by atoms with Gasteiger partial charge in [-0.3, -0.25) is 9.59 Å². The lowest BCUT2D eigenvalue weighted by atomic mass is 9.97. The van der Waals surface area contributed by atoms with Crippen molar-refractivity contribution in [3.63, 3.8) is 0 Å². The molecule has 0 bridgehead atoms. The Kier molecular flexibility index (Phi) is 3.92. The highest BCUT2D eigenvalue weighted by Gasteiger charge is 2.26. The van der Waals surface area contributed by atoms with Crippen LogP contribution in [-0.4, -0.2) is 24.4 Å². The molecule has 0 saturated heterocycles. The van der Waals surface area contributed by atoms with Crippen LogP contribution in [0.4, 0.5) is 5.69 Å². The van der Waals surface area contributed by atoms with Gasteiger partial charge in [-0.1, -0.05) is 12.8 Å². The second kappa shape index (κ2) is 5.85. The Balaban J connectivity index is 1.70. The van der Waals surface area contributed by atoms with Crippen LogP contribution in [0.1, 0.15) is 41.6 Å². The van der Waals surface area contributed by atoms with Gasteiger partial charge in [-0.25, -0.2) is 0 Å². The van der Waals surface area contributed by atoms with Crippen LogP contribution in [-0.2, 0) is 11.2 Å². The number of rotatable bonds is 4. The van der Waals surface area contributed by atoms with Crippen LogP contribution in [0, 0.1) is 5.92 Å². The monoisotopic (exact) mass is 287 g/mol. The first kappa shape index (κ1) is 14.1. The number of nitrogens with two attached hydrogens (primary N) is 1. The minimum absolute atomic E-state index is 0.0200. The van der Waals surface area contributed by atoms with Gasteiger partial charge in [0.05, 0.1) is 6.42 Å². The summed E-state index contributed by atoms with van der Waals surface area (Å²) in [4.78, 5) is 23.7. The fourth-order valence-electron chi connectivity index (χ4n) is 3.35. The number of hydrogen-bond donors (Lipinski definition) is 3. The Labute approximate surface area is 124 Å². The first-order valence-corrected chi connectivity index (χ1v) is 7.61. The summed E-state index contributed by atoms with van der Waals surface area (Å²) in [5, 5.41) is 5.83. The first-order chi connectivity index (χ1) is 10.2. The van der Waals surface area contributed by atoms with E-state index in [2.05, 4.69) is 10.6 Å². The Morgan fingerprint density at radius 1 is 1.38 bits per heavy atom. The van der Waals surface area contributed by atoms with Gasteiger partial charge in [0.25, 0.3) is 5.91 Å². The summed E-state index contributed by atoms with van der Waals surface area (Å²) in [6.07, 6.45) is 5.09. The summed E-state index contributed by atoms with van der Waals surface area (Å²) in [7, 11) is 0. The predicted octanol–water partition coefficient (Wildman–Crippen LogP) is 1.43. The summed E-state index contributed by atoms with van der Waals surface area (Å²) in [6, 6.07) is 5.39. The van der Waals surface area contributed by atoms with Crippen molar-refractivity contribution in [1.82, 2.24) is 5.32 Å². The highest BCUT2D eigenvalue weighted by Crippen LogP contribution is 2.28. The van der Waals surface area contributed by atoms with E-state index in [1.54, 1.807) is 18.2 Å². The molecule has 5 nitrogen and oxygen atoms in total. The molecule has 1 aromatic carbocycles. The molecular weight excluding hydrogens is 266 g/mol. The van der Waals surface area contributed by atoms with E-state index >= 15 is 0 Å². The minimum atomic E-state index is -0.0977. The van der Waals surface area contributed by atoms with E-state index in [9.17, 15) is 9.59 Å². The molecule has 2 amide bonds. The van der Waals surface area contributed by atoms with Crippen molar-refractivity contribution in [2.45, 2.75) is 38.1 Å². The van der Waals surface area contributed by atoms with Crippen LogP contribution in [0.15, 0.2) is 18.2 Å². The molecule has 1 fully saturated rings. The molecule has 1 saturated carbocycles. The molecule has 1 heterocycles. The van der Waals surface area contributed by atoms with Crippen molar-refractivity contribution < 1.29 is 9.59 Å². The molecule has 0 aromatic heterocycles. The molecule has 1 unspecified atom stereocenters. The fourth-order valence-corrected chi connectivity index (χ4v) is 3.35. The smallest absolute Gasteiger partial charge is 0.251 e. The van der Waals surface area contributed by atoms with Gasteiger partial charge in [-0.05, 0) is 42.5 Å². The van der Waals surface area contributed by atoms with E-state index in [4.69, 9.17) is 5.73 Å². The molecular formula is C16H21N3O2. The van der Waals surface area contributed by atoms with Crippen molar-refractivity contribution in [3.8, 4) is 0 Å². The van der Waals surface area contributed by atoms with Crippen LogP contribution in [0.3, 0.4) is 0 Å². The molecule has 0 radical (unpaired) electrons. The standard InChI is InChI=1S/C16H21N3O2/c17-9-14(10-3-1-2-4-10)19-16(21)11-5-6-13-12(7-11)8-15(20)18-13/h5-7,10,14H,1-4,8-9,17H2,(H,18,20)(H,19,21). The van der Waals surface area contributed by atoms with Crippen molar-refractivity contribution in [1.29, 1.82) is 0 Å². The SMILES string of the molecule is NCC(NC(=O)c1ccc2c(c1)CC(=O)N2)C1CCCC1. The molecule has 1 aromatic rings. The van der Waals surface area contributed by atoms with Gasteiger partial charge in [-0.15, -0.1) is 0 Å². The lowest BCUT2D eigenvalue weighted by molar-refractivity contribution is -0.115. The number of carbonyl (C=O) groups is 2. The molecule has 5 heteroatoms. The largest absolute Gasteiger partial charge is 0.348 e. The highest BCUT2D eigenvalue weighted by molar-refractivity contribution is 6.01. The zero-order chi connectivity index (χ0) is 14.8. The third kappa shape index (κ3) is 2.93. The molecule has 2 aliphatic rings. The maximum atomic E-state index is 12.4. The number of hydrogen-bond acceptors (Lipinski definition) is 3. The van der Waals surface area contributed by atoms with Crippen molar-refractivity contribution in [3.05, 3.63) is 29.3 Å². The molecule has 1 aliphatic heterocycles. The summed E-state index contributed by atoms with van der Waals surface area (Å²) in [5.74, 6) is 0.379. The summed E-state index contributed by atoms with van der Waals surface area (Å²) < 4.78 is 0. The Bertz CT molecular complexity index is 565. The summed E-state index contributed by atoms with van der Waals surface area (Å²) in [6.45, 7) is 0.474. The zero-order valence-corrected chi connectivity index (χ0v) is 12.0. The Hall–Kier alpha value is -1.88. The maximum absolute atomic E-state index is 12.4. The third-order valence-electron chi connectivity index (χ3n) is 4.53. The van der Waals surface area contributed by atoms with Gasteiger partial charge in [0.1, 0.15) is 0 Å². The summed E-state index contributed by atoms with van der Waals surface area (Å²) in [5.41, 5.74) is 8.11. The topological polar surface area (TPSA) is 84.2 Å². The third-order valence-corrected chi connectivity index (χ3v) is 4.53. The molecule has 112 valence electrons. The van der Waals surface area contributed by atoms with Crippen molar-refractivity contribution in [2.75, 3.05) is 11.9 Å². The molecule has 4 N–H and O–H groups in total. The van der Waals surface area contributed by atoms with Crippen LogP contribution in [0.2, 0.25) is 0 Å². The molecule has 1 atom stereocenters. The maximum Gasteiger partial charge on any atom is 0.251 e. The van der Waals surface area contributed by atoms with Crippen LogP contribution < -0.4 is 16.4 Å². The second-order valence-corrected chi connectivity index (χ2v) is 5.96. The van der Waals surface area contributed by atoms with Gasteiger partial charge < -0.3 is 16.4 Å². The van der Waals surface area contributed by atoms with Gasteiger partial charge >= 0.3 is 0 Å². The number of amides is 2. The quantitative estimate of drug-likeness (QED) is 0.783. The van der Waals surface area contributed by atoms with E-state index < -0.39 is 0 Å². The summed E-state index contributed by atoms with van der Waals surface area (Å²) >= 11 is 0. The number of carbonyl (C=O) groups excluding carboxylic acids is 2. The first-order valence-electron chi connectivity index (χ1n) is 7.61. The van der Waals surface area contributed by atoms with E-state index in [1.165, 1.54) is 12.8 Å². The molecule has 1 aliphatic carbocycles. The van der Waals surface area contributed by atoms with Gasteiger partial charge in [0.15, 0.2) is 0 Å². The fraction of sp³-hybridized carbons (Fsp3) is 0.500. The van der Waals surface area contributed by atoms with Crippen LogP contribution >= 0.6 is 0 Å². The number of nitrogens with one attached hydrogen (secondary N) is 2. The Morgan fingerprint density at radius 2 is 2.14 bits per heavy atom. The lowest BCUT2D eigenvalue weighted by Crippen LogP contribution is -2.44. The second-order valence-electron chi connectivity index (χ2n) is 5.96. The van der Waals surface area contributed by atoms with Crippen LogP contribution in [0.5, 0.6) is 0 Å². The average molecular weight is 287 g/mol. The number of benzene rings is 1. The van der Waals surface area contributed by atoms with E-state index in [-0.39, 0.29) is 17.9 Å². The van der Waals surface area contributed by atoms with Crippen LogP contribution in [0.25, 0.3) is 0 Å². The zero-order valence-electron chi connectivity index (χ0n) is 12.0. The Morgan fingerprint density at radius 3 is 2.86 bits per heavy atom. The predicted molar refractivity (Wildman–Crippen MR) is 81.0 cm³/mol. The van der Waals surface area contributed by atoms with E-state index in [1.807, 2.05) is 0 Å². The minimum Gasteiger partial charge on any atom is -0.348 e. The number of fused-ring (bicyclic) bond motifs is 1. The number of anilines is 1. The van der Waals surface area contributed by atoms with E-state index in [0.717, 1.165) is 24.1 Å². The molecule has 21 heavy (non-hydrogen) atoms. The molecule has 0 spiro atoms. The molecule has 3 rings (SSSR count). The van der Waals surface area contributed by atoms with Gasteiger partial charge in [0, 0.05) is 23.8 Å². The normalized spacial score (nSPS) is 19.2. The lowest BCUT2D eigenvalue weighted by Gasteiger charge is -2.23. The van der Waals surface area contributed by atoms with Gasteiger partial charge in [0.2, 0.25) is 5.91 Å². The van der Waals surface area contributed by atoms with Crippen molar-refractivity contribution in [2.24, 2.45) is 11.7 Å². The highest BCUT2D eigenvalue weighted by atomic mass is 16.2. The van der Waals surface area contributed by atoms with Crippen molar-refractivity contribution >= 4 is 17.5 Å².